The summed E-state index contributed by atoms with van der Waals surface area (Å²) in [5.74, 6) is 0.190. The second-order valence-corrected chi connectivity index (χ2v) is 10.4. The number of thiophene rings is 1. The van der Waals surface area contributed by atoms with Gasteiger partial charge in [0.15, 0.2) is 0 Å². The van der Waals surface area contributed by atoms with Gasteiger partial charge in [-0.15, -0.1) is 11.3 Å². The van der Waals surface area contributed by atoms with E-state index < -0.39 is 0 Å². The maximum atomic E-state index is 13.0. The summed E-state index contributed by atoms with van der Waals surface area (Å²) in [4.78, 5) is 31.2. The summed E-state index contributed by atoms with van der Waals surface area (Å²) in [6, 6.07) is 10.3. The Morgan fingerprint density at radius 3 is 2.53 bits per heavy atom. The van der Waals surface area contributed by atoms with Crippen molar-refractivity contribution < 1.29 is 9.59 Å². The third kappa shape index (κ3) is 4.38. The Balaban J connectivity index is 1.40. The van der Waals surface area contributed by atoms with E-state index in [9.17, 15) is 9.59 Å². The zero-order valence-electron chi connectivity index (χ0n) is 18.1. The van der Waals surface area contributed by atoms with Gasteiger partial charge in [-0.1, -0.05) is 32.9 Å². The summed E-state index contributed by atoms with van der Waals surface area (Å²) in [7, 11) is 0. The number of anilines is 2. The zero-order valence-corrected chi connectivity index (χ0v) is 18.9. The van der Waals surface area contributed by atoms with E-state index in [2.05, 4.69) is 27.7 Å². The lowest BCUT2D eigenvalue weighted by Gasteiger charge is -2.35. The number of nitrogens with zero attached hydrogens (tertiary/aromatic N) is 2. The van der Waals surface area contributed by atoms with Crippen LogP contribution in [0.5, 0.6) is 0 Å². The van der Waals surface area contributed by atoms with Gasteiger partial charge in [-0.2, -0.15) is 0 Å². The van der Waals surface area contributed by atoms with Crippen molar-refractivity contribution in [3.63, 3.8) is 0 Å². The summed E-state index contributed by atoms with van der Waals surface area (Å²) >= 11 is 1.84. The number of carbonyl (C=O) groups is 2. The van der Waals surface area contributed by atoms with Gasteiger partial charge in [-0.05, 0) is 48.4 Å². The van der Waals surface area contributed by atoms with Crippen molar-refractivity contribution >= 4 is 34.5 Å². The number of fused-ring (bicyclic) bond motifs is 1. The highest BCUT2D eigenvalue weighted by molar-refractivity contribution is 7.10. The van der Waals surface area contributed by atoms with Crippen LogP contribution in [0.4, 0.5) is 11.4 Å². The number of benzene rings is 1. The average molecular weight is 426 g/mol. The number of hydrogen-bond donors (Lipinski definition) is 1. The molecule has 2 amide bonds. The number of para-hydroxylation sites is 2. The van der Waals surface area contributed by atoms with E-state index in [1.165, 1.54) is 10.4 Å². The molecule has 1 saturated heterocycles. The van der Waals surface area contributed by atoms with Crippen molar-refractivity contribution in [1.82, 2.24) is 4.90 Å². The van der Waals surface area contributed by atoms with Gasteiger partial charge in [0.1, 0.15) is 0 Å². The van der Waals surface area contributed by atoms with Gasteiger partial charge < -0.3 is 15.1 Å². The van der Waals surface area contributed by atoms with Crippen LogP contribution in [-0.2, 0) is 22.6 Å². The number of likely N-dealkylation sites (tertiary alicyclic amines) is 1. The van der Waals surface area contributed by atoms with Crippen LogP contribution in [0.25, 0.3) is 0 Å². The minimum atomic E-state index is -0.370. The van der Waals surface area contributed by atoms with Gasteiger partial charge in [-0.25, -0.2) is 0 Å². The first-order chi connectivity index (χ1) is 14.3. The lowest BCUT2D eigenvalue weighted by molar-refractivity contribution is -0.142. The molecule has 0 unspecified atom stereocenters. The smallest absolute Gasteiger partial charge is 0.227 e. The minimum Gasteiger partial charge on any atom is -0.365 e. The predicted octanol–water partition coefficient (Wildman–Crippen LogP) is 4.53. The van der Waals surface area contributed by atoms with Gasteiger partial charge in [0, 0.05) is 42.4 Å². The van der Waals surface area contributed by atoms with Crippen LogP contribution in [0.1, 0.15) is 44.1 Å². The van der Waals surface area contributed by atoms with E-state index >= 15 is 0 Å². The average Bonchev–Trinajstić information content (AvgIpc) is 3.21. The van der Waals surface area contributed by atoms with E-state index in [0.717, 1.165) is 43.7 Å². The van der Waals surface area contributed by atoms with E-state index in [1.54, 1.807) is 0 Å². The first-order valence-electron chi connectivity index (χ1n) is 10.8. The molecule has 0 aliphatic carbocycles. The van der Waals surface area contributed by atoms with Crippen LogP contribution in [0.15, 0.2) is 35.7 Å². The lowest BCUT2D eigenvalue weighted by Crippen LogP contribution is -2.45. The molecule has 2 aliphatic rings. The third-order valence-electron chi connectivity index (χ3n) is 6.10. The molecular formula is C24H31N3O2S. The zero-order chi connectivity index (χ0) is 21.3. The Bertz CT molecular complexity index is 923. The number of hydrogen-bond acceptors (Lipinski definition) is 4. The van der Waals surface area contributed by atoms with Crippen molar-refractivity contribution in [1.29, 1.82) is 0 Å². The Morgan fingerprint density at radius 1 is 1.07 bits per heavy atom. The molecule has 1 aromatic heterocycles. The topological polar surface area (TPSA) is 52.7 Å². The largest absolute Gasteiger partial charge is 0.365 e. The molecule has 5 nitrogen and oxygen atoms in total. The summed E-state index contributed by atoms with van der Waals surface area (Å²) in [6.07, 6.45) is 2.49. The fraction of sp³-hybridized carbons (Fsp3) is 0.500. The molecule has 6 heteroatoms. The second kappa shape index (κ2) is 8.42. The van der Waals surface area contributed by atoms with Gasteiger partial charge in [0.05, 0.1) is 11.4 Å². The Kier molecular flexibility index (Phi) is 5.87. The van der Waals surface area contributed by atoms with E-state index in [0.29, 0.717) is 13.1 Å². The second-order valence-electron chi connectivity index (χ2n) is 9.36. The highest BCUT2D eigenvalue weighted by Crippen LogP contribution is 2.33. The number of piperidine rings is 1. The van der Waals surface area contributed by atoms with Gasteiger partial charge in [-0.3, -0.25) is 9.59 Å². The summed E-state index contributed by atoms with van der Waals surface area (Å²) in [5.41, 5.74) is 2.99. The van der Waals surface area contributed by atoms with Gasteiger partial charge >= 0.3 is 0 Å². The van der Waals surface area contributed by atoms with Crippen LogP contribution in [0.3, 0.4) is 0 Å². The van der Waals surface area contributed by atoms with E-state index in [-0.39, 0.29) is 23.1 Å². The Labute approximate surface area is 183 Å². The SMILES string of the molecule is CC(C)(C)C(=O)N1CCC(C(=O)Nc2ccccc2N2CCc3sccc3C2)CC1. The monoisotopic (exact) mass is 425 g/mol. The predicted molar refractivity (Wildman–Crippen MR) is 123 cm³/mol. The van der Waals surface area contributed by atoms with Crippen molar-refractivity contribution in [2.45, 2.75) is 46.6 Å². The molecule has 1 fully saturated rings. The maximum absolute atomic E-state index is 13.0. The molecule has 0 bridgehead atoms. The molecule has 3 heterocycles. The highest BCUT2D eigenvalue weighted by atomic mass is 32.1. The van der Waals surface area contributed by atoms with Crippen LogP contribution >= 0.6 is 11.3 Å². The molecule has 2 aromatic rings. The summed E-state index contributed by atoms with van der Waals surface area (Å²) in [6.45, 7) is 9.01. The molecule has 0 spiro atoms. The van der Waals surface area contributed by atoms with E-state index in [1.807, 2.05) is 55.2 Å². The maximum Gasteiger partial charge on any atom is 0.227 e. The Morgan fingerprint density at radius 2 is 1.80 bits per heavy atom. The molecular weight excluding hydrogens is 394 g/mol. The standard InChI is InChI=1S/C24H31N3O2S/c1-24(2,3)23(29)26-12-8-17(9-13-26)22(28)25-19-6-4-5-7-20(19)27-14-10-21-18(16-27)11-15-30-21/h4-7,11,15,17H,8-10,12-14,16H2,1-3H3,(H,25,28). The molecule has 0 atom stereocenters. The summed E-state index contributed by atoms with van der Waals surface area (Å²) < 4.78 is 0. The molecule has 1 N–H and O–H groups in total. The van der Waals surface area contributed by atoms with Crippen molar-refractivity contribution in [3.8, 4) is 0 Å². The van der Waals surface area contributed by atoms with Crippen LogP contribution < -0.4 is 10.2 Å². The molecule has 30 heavy (non-hydrogen) atoms. The van der Waals surface area contributed by atoms with Crippen molar-refractivity contribution in [2.24, 2.45) is 11.3 Å². The minimum absolute atomic E-state index is 0.0492. The van der Waals surface area contributed by atoms with Crippen LogP contribution in [0, 0.1) is 11.3 Å². The Hall–Kier alpha value is -2.34. The molecule has 2 aliphatic heterocycles. The molecule has 0 saturated carbocycles. The van der Waals surface area contributed by atoms with Crippen LogP contribution in [0.2, 0.25) is 0 Å². The number of amides is 2. The fourth-order valence-corrected chi connectivity index (χ4v) is 5.25. The molecule has 1 aromatic carbocycles. The normalized spacial score (nSPS) is 17.6. The number of carbonyl (C=O) groups excluding carboxylic acids is 2. The van der Waals surface area contributed by atoms with Crippen LogP contribution in [-0.4, -0.2) is 36.3 Å². The quantitative estimate of drug-likeness (QED) is 0.786. The fourth-order valence-electron chi connectivity index (χ4n) is 4.36. The van der Waals surface area contributed by atoms with Gasteiger partial charge in [0.25, 0.3) is 0 Å². The van der Waals surface area contributed by atoms with Gasteiger partial charge in [0.2, 0.25) is 11.8 Å². The summed E-state index contributed by atoms with van der Waals surface area (Å²) in [5, 5.41) is 5.35. The third-order valence-corrected chi connectivity index (χ3v) is 7.13. The van der Waals surface area contributed by atoms with Crippen molar-refractivity contribution in [2.75, 3.05) is 29.9 Å². The van der Waals surface area contributed by atoms with E-state index in [4.69, 9.17) is 0 Å². The number of rotatable bonds is 3. The lowest BCUT2D eigenvalue weighted by atomic mass is 9.90. The highest BCUT2D eigenvalue weighted by Gasteiger charge is 2.32. The first kappa shape index (κ1) is 20.9. The molecule has 160 valence electrons. The molecule has 4 rings (SSSR count). The number of nitrogens with one attached hydrogen (secondary N) is 1. The first-order valence-corrected chi connectivity index (χ1v) is 11.7. The molecule has 0 radical (unpaired) electrons. The van der Waals surface area contributed by atoms with Crippen molar-refractivity contribution in [3.05, 3.63) is 46.2 Å².